The van der Waals surface area contributed by atoms with Crippen LogP contribution in [0.15, 0.2) is 17.1 Å². The Hall–Kier alpha value is -1.88. The molecule has 5 heteroatoms. The van der Waals surface area contributed by atoms with Crippen LogP contribution in [-0.2, 0) is 0 Å². The fourth-order valence-corrected chi connectivity index (χ4v) is 3.41. The van der Waals surface area contributed by atoms with E-state index in [-0.39, 0.29) is 0 Å². The van der Waals surface area contributed by atoms with Crippen LogP contribution < -0.4 is 4.74 Å². The lowest BCUT2D eigenvalue weighted by Gasteiger charge is -2.37. The van der Waals surface area contributed by atoms with E-state index in [1.807, 2.05) is 10.6 Å². The van der Waals surface area contributed by atoms with E-state index in [0.29, 0.717) is 12.5 Å². The van der Waals surface area contributed by atoms with Gasteiger partial charge in [0.25, 0.3) is 5.88 Å². The molecule has 124 valence electrons. The molecule has 0 aliphatic carbocycles. The lowest BCUT2D eigenvalue weighted by atomic mass is 10.1. The maximum absolute atomic E-state index is 5.99. The van der Waals surface area contributed by atoms with Gasteiger partial charge in [0.05, 0.1) is 25.7 Å². The van der Waals surface area contributed by atoms with Gasteiger partial charge in [-0.25, -0.2) is 4.52 Å². The van der Waals surface area contributed by atoms with E-state index in [1.54, 1.807) is 0 Å². The van der Waals surface area contributed by atoms with Crippen LogP contribution in [0, 0.1) is 13.8 Å². The Labute approximate surface area is 138 Å². The number of aromatic nitrogens is 2. The lowest BCUT2D eigenvalue weighted by molar-refractivity contribution is -0.914. The molecule has 0 atom stereocenters. The molecule has 0 amide bonds. The molecule has 2 aromatic heterocycles. The smallest absolute Gasteiger partial charge is 0.260 e. The largest absolute Gasteiger partial charge is 0.469 e. The Morgan fingerprint density at radius 1 is 1.26 bits per heavy atom. The number of quaternary nitrogens is 1. The molecule has 1 fully saturated rings. The summed E-state index contributed by atoms with van der Waals surface area (Å²) < 4.78 is 9.00. The summed E-state index contributed by atoms with van der Waals surface area (Å²) in [6.07, 6.45) is 4.01. The second kappa shape index (κ2) is 6.32. The van der Waals surface area contributed by atoms with Crippen molar-refractivity contribution in [2.75, 3.05) is 33.3 Å². The SMILES string of the molecule is C=Nc1c(OCC[N+]2(C)CCCCC2)nn2c(C)c(C)ccc12. The number of rotatable bonds is 5. The van der Waals surface area contributed by atoms with Crippen LogP contribution in [0.25, 0.3) is 5.52 Å². The van der Waals surface area contributed by atoms with Crippen molar-refractivity contribution in [2.45, 2.75) is 33.1 Å². The number of hydrogen-bond acceptors (Lipinski definition) is 3. The summed E-state index contributed by atoms with van der Waals surface area (Å²) in [6.45, 7) is 12.0. The topological polar surface area (TPSA) is 38.9 Å². The van der Waals surface area contributed by atoms with Crippen LogP contribution in [-0.4, -0.2) is 54.1 Å². The second-order valence-corrected chi connectivity index (χ2v) is 6.91. The number of pyridine rings is 1. The van der Waals surface area contributed by atoms with Crippen LogP contribution in [0.1, 0.15) is 30.5 Å². The van der Waals surface area contributed by atoms with E-state index >= 15 is 0 Å². The number of aryl methyl sites for hydroxylation is 2. The van der Waals surface area contributed by atoms with Gasteiger partial charge >= 0.3 is 0 Å². The standard InChI is InChI=1S/C18H27N4O/c1-14-8-9-16-17(19-3)18(20-21(16)15(14)2)23-13-12-22(4)10-6-5-7-11-22/h8-9H,3,5-7,10-13H2,1-2,4H3/q+1. The van der Waals surface area contributed by atoms with Crippen LogP contribution in [0.4, 0.5) is 5.69 Å². The summed E-state index contributed by atoms with van der Waals surface area (Å²) in [7, 11) is 2.33. The van der Waals surface area contributed by atoms with Crippen molar-refractivity contribution in [3.05, 3.63) is 23.4 Å². The number of ether oxygens (including phenoxy) is 1. The van der Waals surface area contributed by atoms with Crippen molar-refractivity contribution in [1.82, 2.24) is 9.61 Å². The minimum Gasteiger partial charge on any atom is -0.469 e. The first-order chi connectivity index (χ1) is 11.0. The molecular formula is C18H27N4O+. The predicted molar refractivity (Wildman–Crippen MR) is 94.0 cm³/mol. The number of piperidine rings is 1. The number of likely N-dealkylation sites (tertiary alicyclic amines) is 1. The lowest BCUT2D eigenvalue weighted by Crippen LogP contribution is -2.50. The van der Waals surface area contributed by atoms with Gasteiger partial charge in [-0.3, -0.25) is 4.99 Å². The molecule has 0 bridgehead atoms. The van der Waals surface area contributed by atoms with Gasteiger partial charge in [-0.05, 0) is 51.5 Å². The molecule has 0 aromatic carbocycles. The Morgan fingerprint density at radius 3 is 2.70 bits per heavy atom. The van der Waals surface area contributed by atoms with Crippen LogP contribution in [0.2, 0.25) is 0 Å². The van der Waals surface area contributed by atoms with Crippen LogP contribution in [0.3, 0.4) is 0 Å². The van der Waals surface area contributed by atoms with Crippen molar-refractivity contribution in [3.63, 3.8) is 0 Å². The van der Waals surface area contributed by atoms with Gasteiger partial charge in [-0.15, -0.1) is 5.10 Å². The van der Waals surface area contributed by atoms with Gasteiger partial charge in [0.1, 0.15) is 13.2 Å². The van der Waals surface area contributed by atoms with Crippen molar-refractivity contribution in [3.8, 4) is 5.88 Å². The van der Waals surface area contributed by atoms with Gasteiger partial charge in [0.2, 0.25) is 0 Å². The van der Waals surface area contributed by atoms with Gasteiger partial charge < -0.3 is 9.22 Å². The van der Waals surface area contributed by atoms with E-state index in [0.717, 1.165) is 27.9 Å². The highest BCUT2D eigenvalue weighted by atomic mass is 16.5. The second-order valence-electron chi connectivity index (χ2n) is 6.91. The molecule has 0 radical (unpaired) electrons. The van der Waals surface area contributed by atoms with Crippen molar-refractivity contribution in [1.29, 1.82) is 0 Å². The minimum atomic E-state index is 0.595. The molecule has 5 nitrogen and oxygen atoms in total. The number of likely N-dealkylation sites (N-methyl/N-ethyl adjacent to an activating group) is 1. The molecule has 0 unspecified atom stereocenters. The Bertz CT molecular complexity index is 713. The quantitative estimate of drug-likeness (QED) is 0.627. The third kappa shape index (κ3) is 3.11. The molecule has 23 heavy (non-hydrogen) atoms. The molecule has 0 saturated carbocycles. The molecular weight excluding hydrogens is 288 g/mol. The van der Waals surface area contributed by atoms with Gasteiger partial charge in [-0.1, -0.05) is 6.07 Å². The van der Waals surface area contributed by atoms with Gasteiger partial charge in [0, 0.05) is 5.69 Å². The Kier molecular flexibility index (Phi) is 4.39. The molecule has 0 N–H and O–H groups in total. The molecule has 2 aromatic rings. The first-order valence-corrected chi connectivity index (χ1v) is 8.46. The summed E-state index contributed by atoms with van der Waals surface area (Å²) in [5, 5.41) is 4.60. The minimum absolute atomic E-state index is 0.595. The molecule has 3 rings (SSSR count). The number of nitrogens with zero attached hydrogens (tertiary/aromatic N) is 4. The maximum Gasteiger partial charge on any atom is 0.260 e. The van der Waals surface area contributed by atoms with Crippen LogP contribution >= 0.6 is 0 Å². The summed E-state index contributed by atoms with van der Waals surface area (Å²) in [5.41, 5.74) is 4.01. The third-order valence-corrected chi connectivity index (χ3v) is 5.17. The van der Waals surface area contributed by atoms with E-state index < -0.39 is 0 Å². The van der Waals surface area contributed by atoms with Crippen LogP contribution in [0.5, 0.6) is 5.88 Å². The maximum atomic E-state index is 5.99. The Balaban J connectivity index is 1.77. The fourth-order valence-electron chi connectivity index (χ4n) is 3.41. The summed E-state index contributed by atoms with van der Waals surface area (Å²) in [4.78, 5) is 4.15. The molecule has 3 heterocycles. The normalized spacial score (nSPS) is 17.3. The first-order valence-electron chi connectivity index (χ1n) is 8.46. The first kappa shape index (κ1) is 16.0. The van der Waals surface area contributed by atoms with E-state index in [2.05, 4.69) is 43.8 Å². The highest BCUT2D eigenvalue weighted by Crippen LogP contribution is 2.32. The number of hydrogen-bond donors (Lipinski definition) is 0. The molecule has 1 aliphatic rings. The number of fused-ring (bicyclic) bond motifs is 1. The van der Waals surface area contributed by atoms with Gasteiger partial charge in [0.15, 0.2) is 5.69 Å². The third-order valence-electron chi connectivity index (χ3n) is 5.17. The number of aliphatic imine (C=N–C) groups is 1. The molecule has 1 aliphatic heterocycles. The highest BCUT2D eigenvalue weighted by Gasteiger charge is 2.25. The summed E-state index contributed by atoms with van der Waals surface area (Å²) in [6, 6.07) is 4.12. The zero-order chi connectivity index (χ0) is 16.4. The zero-order valence-corrected chi connectivity index (χ0v) is 14.5. The average Bonchev–Trinajstić information content (AvgIpc) is 2.90. The Morgan fingerprint density at radius 2 is 2.00 bits per heavy atom. The van der Waals surface area contributed by atoms with Crippen molar-refractivity contribution >= 4 is 17.9 Å². The van der Waals surface area contributed by atoms with E-state index in [1.165, 1.54) is 37.9 Å². The van der Waals surface area contributed by atoms with Crippen molar-refractivity contribution < 1.29 is 9.22 Å². The monoisotopic (exact) mass is 315 g/mol. The fraction of sp³-hybridized carbons (Fsp3) is 0.556. The highest BCUT2D eigenvalue weighted by molar-refractivity contribution is 5.76. The summed E-state index contributed by atoms with van der Waals surface area (Å²) >= 11 is 0. The average molecular weight is 315 g/mol. The van der Waals surface area contributed by atoms with Crippen molar-refractivity contribution in [2.24, 2.45) is 4.99 Å². The summed E-state index contributed by atoms with van der Waals surface area (Å²) in [5.74, 6) is 0.595. The van der Waals surface area contributed by atoms with E-state index in [9.17, 15) is 0 Å². The molecule has 1 saturated heterocycles. The van der Waals surface area contributed by atoms with E-state index in [4.69, 9.17) is 4.74 Å². The zero-order valence-electron chi connectivity index (χ0n) is 14.5. The molecule has 0 spiro atoms. The van der Waals surface area contributed by atoms with Gasteiger partial charge in [-0.2, -0.15) is 0 Å². The predicted octanol–water partition coefficient (Wildman–Crippen LogP) is 3.29.